The minimum absolute atomic E-state index is 0.590. The zero-order valence-corrected chi connectivity index (χ0v) is 14.5. The largest absolute Gasteiger partial charge is 0.436 e. The Hall–Kier alpha value is -2.03. The van der Waals surface area contributed by atoms with Crippen molar-refractivity contribution in [1.29, 1.82) is 0 Å². The van der Waals surface area contributed by atoms with Crippen LogP contribution >= 0.6 is 0 Å². The van der Waals surface area contributed by atoms with Crippen molar-refractivity contribution in [2.24, 2.45) is 11.8 Å². The molecule has 3 heteroatoms. The van der Waals surface area contributed by atoms with Crippen molar-refractivity contribution in [2.45, 2.75) is 45.6 Å². The van der Waals surface area contributed by atoms with E-state index in [4.69, 9.17) is 4.42 Å². The minimum Gasteiger partial charge on any atom is -0.436 e. The predicted molar refractivity (Wildman–Crippen MR) is 98.5 cm³/mol. The van der Waals surface area contributed by atoms with Crippen molar-refractivity contribution in [2.75, 3.05) is 11.4 Å². The van der Waals surface area contributed by atoms with E-state index in [1.807, 2.05) is 12.3 Å². The molecular weight excluding hydrogens is 296 g/mol. The summed E-state index contributed by atoms with van der Waals surface area (Å²) in [6.07, 6.45) is 7.39. The molecule has 124 valence electrons. The number of aromatic nitrogens is 1. The van der Waals surface area contributed by atoms with Crippen LogP contribution in [0.5, 0.6) is 0 Å². The van der Waals surface area contributed by atoms with Crippen LogP contribution in [0.2, 0.25) is 0 Å². The quantitative estimate of drug-likeness (QED) is 0.609. The summed E-state index contributed by atoms with van der Waals surface area (Å²) in [6, 6.07) is 9.13. The predicted octanol–water partition coefficient (Wildman–Crippen LogP) is 5.30. The van der Waals surface area contributed by atoms with E-state index in [-0.39, 0.29) is 0 Å². The zero-order chi connectivity index (χ0) is 16.3. The highest BCUT2D eigenvalue weighted by molar-refractivity contribution is 6.08. The molecule has 2 aromatic heterocycles. The van der Waals surface area contributed by atoms with Gasteiger partial charge in [0.25, 0.3) is 0 Å². The van der Waals surface area contributed by atoms with Crippen LogP contribution in [0.15, 0.2) is 34.9 Å². The van der Waals surface area contributed by atoms with Gasteiger partial charge in [-0.1, -0.05) is 18.6 Å². The number of furan rings is 1. The molecule has 0 N–H and O–H groups in total. The second kappa shape index (κ2) is 5.23. The average molecular weight is 320 g/mol. The molecule has 5 rings (SSSR count). The molecule has 2 unspecified atom stereocenters. The van der Waals surface area contributed by atoms with Crippen LogP contribution in [0.3, 0.4) is 0 Å². The van der Waals surface area contributed by atoms with Gasteiger partial charge in [-0.15, -0.1) is 0 Å². The van der Waals surface area contributed by atoms with Gasteiger partial charge in [0.05, 0.1) is 5.69 Å². The van der Waals surface area contributed by atoms with E-state index in [2.05, 4.69) is 41.9 Å². The lowest BCUT2D eigenvalue weighted by Crippen LogP contribution is -2.49. The smallest absolute Gasteiger partial charge is 0.227 e. The van der Waals surface area contributed by atoms with Gasteiger partial charge in [0.15, 0.2) is 5.58 Å². The summed E-state index contributed by atoms with van der Waals surface area (Å²) in [5.41, 5.74) is 4.39. The minimum atomic E-state index is 0.590. The van der Waals surface area contributed by atoms with Gasteiger partial charge in [0.1, 0.15) is 0 Å². The van der Waals surface area contributed by atoms with E-state index in [9.17, 15) is 0 Å². The second-order valence-electron chi connectivity index (χ2n) is 7.75. The van der Waals surface area contributed by atoms with Gasteiger partial charge in [-0.2, -0.15) is 0 Å². The van der Waals surface area contributed by atoms with Crippen molar-refractivity contribution >= 4 is 27.8 Å². The van der Waals surface area contributed by atoms with Crippen LogP contribution in [0.4, 0.5) is 5.69 Å². The Labute approximate surface area is 142 Å². The van der Waals surface area contributed by atoms with Gasteiger partial charge in [-0.3, -0.25) is 0 Å². The van der Waals surface area contributed by atoms with Gasteiger partial charge in [0, 0.05) is 29.6 Å². The molecule has 3 aromatic rings. The van der Waals surface area contributed by atoms with Crippen LogP contribution in [-0.2, 0) is 0 Å². The summed E-state index contributed by atoms with van der Waals surface area (Å²) in [4.78, 5) is 7.06. The van der Waals surface area contributed by atoms with Crippen molar-refractivity contribution < 1.29 is 4.42 Å². The summed E-state index contributed by atoms with van der Waals surface area (Å²) in [7, 11) is 0. The van der Waals surface area contributed by atoms with Crippen LogP contribution in [0.1, 0.15) is 38.2 Å². The number of piperidine rings is 1. The molecule has 1 aromatic carbocycles. The molecule has 1 aliphatic carbocycles. The highest BCUT2D eigenvalue weighted by Crippen LogP contribution is 2.44. The first-order valence-electron chi connectivity index (χ1n) is 9.26. The van der Waals surface area contributed by atoms with Crippen LogP contribution in [0.25, 0.3) is 22.1 Å². The van der Waals surface area contributed by atoms with E-state index in [0.717, 1.165) is 28.5 Å². The van der Waals surface area contributed by atoms with E-state index in [0.29, 0.717) is 6.04 Å². The van der Waals surface area contributed by atoms with Crippen molar-refractivity contribution in [3.05, 3.63) is 36.0 Å². The summed E-state index contributed by atoms with van der Waals surface area (Å²) in [6.45, 7) is 5.79. The number of pyridine rings is 1. The van der Waals surface area contributed by atoms with Gasteiger partial charge >= 0.3 is 0 Å². The monoisotopic (exact) mass is 320 g/mol. The molecule has 0 spiro atoms. The highest BCUT2D eigenvalue weighted by atomic mass is 16.3. The van der Waals surface area contributed by atoms with Gasteiger partial charge < -0.3 is 9.32 Å². The lowest BCUT2D eigenvalue weighted by atomic mass is 9.74. The summed E-state index contributed by atoms with van der Waals surface area (Å²) >= 11 is 0. The van der Waals surface area contributed by atoms with Crippen molar-refractivity contribution in [3.63, 3.8) is 0 Å². The molecule has 1 saturated heterocycles. The van der Waals surface area contributed by atoms with E-state index >= 15 is 0 Å². The molecule has 0 radical (unpaired) electrons. The van der Waals surface area contributed by atoms with Gasteiger partial charge in [0.2, 0.25) is 5.71 Å². The first kappa shape index (κ1) is 14.3. The summed E-state index contributed by atoms with van der Waals surface area (Å²) < 4.78 is 6.24. The third-order valence-corrected chi connectivity index (χ3v) is 6.33. The Balaban J connectivity index is 1.72. The summed E-state index contributed by atoms with van der Waals surface area (Å²) in [5, 5.41) is 2.32. The van der Waals surface area contributed by atoms with E-state index in [1.165, 1.54) is 48.9 Å². The second-order valence-corrected chi connectivity index (χ2v) is 7.75. The van der Waals surface area contributed by atoms with Crippen LogP contribution in [-0.4, -0.2) is 17.6 Å². The maximum atomic E-state index is 6.24. The van der Waals surface area contributed by atoms with Gasteiger partial charge in [-0.25, -0.2) is 4.98 Å². The third-order valence-electron chi connectivity index (χ3n) is 6.33. The Morgan fingerprint density at radius 3 is 3.00 bits per heavy atom. The molecule has 1 saturated carbocycles. The maximum absolute atomic E-state index is 6.24. The molecule has 0 amide bonds. The van der Waals surface area contributed by atoms with Crippen LogP contribution in [0, 0.1) is 18.8 Å². The number of anilines is 1. The third kappa shape index (κ3) is 2.00. The fourth-order valence-corrected chi connectivity index (χ4v) is 5.05. The molecule has 3 atom stereocenters. The fourth-order valence-electron chi connectivity index (χ4n) is 5.05. The first-order valence-corrected chi connectivity index (χ1v) is 9.26. The molecule has 3 heterocycles. The Bertz CT molecular complexity index is 913. The number of rotatable bonds is 1. The molecular formula is C21H24N2O. The molecule has 24 heavy (non-hydrogen) atoms. The number of hydrogen-bond acceptors (Lipinski definition) is 3. The highest BCUT2D eigenvalue weighted by Gasteiger charge is 2.37. The standard InChI is InChI=1S/C21H24N2O/c1-13-8-9-17-18-7-4-10-22-21(18)24-20(17)19(13)23-12-15-5-3-6-16(11-15)14(23)2/h4,7-10,14-16H,3,5-6,11-12H2,1-2H3/t14-,15?,16?/m0/s1. The van der Waals surface area contributed by atoms with E-state index < -0.39 is 0 Å². The molecule has 2 aliphatic rings. The van der Waals surface area contributed by atoms with E-state index in [1.54, 1.807) is 0 Å². The van der Waals surface area contributed by atoms with Crippen LogP contribution < -0.4 is 4.90 Å². The number of aryl methyl sites for hydroxylation is 1. The molecule has 3 nitrogen and oxygen atoms in total. The Kier molecular flexibility index (Phi) is 3.12. The first-order chi connectivity index (χ1) is 11.7. The molecule has 2 fully saturated rings. The molecule has 1 aliphatic heterocycles. The Morgan fingerprint density at radius 2 is 2.08 bits per heavy atom. The fraction of sp³-hybridized carbons (Fsp3) is 0.476. The Morgan fingerprint density at radius 1 is 1.17 bits per heavy atom. The van der Waals surface area contributed by atoms with Crippen molar-refractivity contribution in [3.8, 4) is 0 Å². The maximum Gasteiger partial charge on any atom is 0.227 e. The van der Waals surface area contributed by atoms with Gasteiger partial charge in [-0.05, 0) is 62.6 Å². The average Bonchev–Trinajstić information content (AvgIpc) is 2.97. The normalized spacial score (nSPS) is 27.1. The summed E-state index contributed by atoms with van der Waals surface area (Å²) in [5.74, 6) is 1.67. The zero-order valence-electron chi connectivity index (χ0n) is 14.5. The SMILES string of the molecule is Cc1ccc2c(oc3ncccc32)c1N1CC2CCCC(C2)[C@@H]1C. The lowest BCUT2D eigenvalue weighted by molar-refractivity contribution is 0.191. The number of hydrogen-bond donors (Lipinski definition) is 0. The number of benzene rings is 1. The number of nitrogens with zero attached hydrogens (tertiary/aromatic N) is 2. The molecule has 2 bridgehead atoms. The number of fused-ring (bicyclic) bond motifs is 5. The topological polar surface area (TPSA) is 29.3 Å². The van der Waals surface area contributed by atoms with Crippen molar-refractivity contribution in [1.82, 2.24) is 4.98 Å². The lowest BCUT2D eigenvalue weighted by Gasteiger charge is -2.48.